The van der Waals surface area contributed by atoms with Crippen LogP contribution in [-0.2, 0) is 16.4 Å². The van der Waals surface area contributed by atoms with Gasteiger partial charge in [0.05, 0.1) is 4.90 Å². The summed E-state index contributed by atoms with van der Waals surface area (Å²) in [6.45, 7) is 4.82. The first-order chi connectivity index (χ1) is 8.97. The predicted molar refractivity (Wildman–Crippen MR) is 78.0 cm³/mol. The lowest BCUT2D eigenvalue weighted by molar-refractivity contribution is 0.602. The minimum atomic E-state index is -3.14. The third-order valence-corrected chi connectivity index (χ3v) is 3.58. The molecule has 0 aromatic heterocycles. The van der Waals surface area contributed by atoms with E-state index >= 15 is 0 Å². The Bertz CT molecular complexity index is 548. The number of benzene rings is 1. The highest BCUT2D eigenvalue weighted by molar-refractivity contribution is 7.90. The molecule has 0 fully saturated rings. The summed E-state index contributed by atoms with van der Waals surface area (Å²) in [6.07, 6.45) is 2.94. The van der Waals surface area contributed by atoms with Crippen molar-refractivity contribution in [1.82, 2.24) is 10.6 Å². The summed E-state index contributed by atoms with van der Waals surface area (Å²) in [5, 5.41) is 6.17. The van der Waals surface area contributed by atoms with E-state index in [1.165, 1.54) is 6.26 Å². The molecule has 1 aromatic rings. The lowest BCUT2D eigenvalue weighted by atomic mass is 10.2. The van der Waals surface area contributed by atoms with Crippen molar-refractivity contribution < 1.29 is 8.42 Å². The first-order valence-electron chi connectivity index (χ1n) is 5.82. The Balaban J connectivity index is 2.61. The third kappa shape index (κ3) is 5.13. The molecule has 1 aromatic carbocycles. The molecule has 0 bridgehead atoms. The van der Waals surface area contributed by atoms with Gasteiger partial charge in [0.1, 0.15) is 0 Å². The first kappa shape index (κ1) is 15.2. The minimum absolute atomic E-state index is 0.324. The van der Waals surface area contributed by atoms with E-state index in [2.05, 4.69) is 22.2 Å². The van der Waals surface area contributed by atoms with Crippen molar-refractivity contribution in [3.63, 3.8) is 0 Å². The molecule has 104 valence electrons. The topological polar surface area (TPSA) is 70.6 Å². The van der Waals surface area contributed by atoms with Gasteiger partial charge in [-0.2, -0.15) is 0 Å². The Hall–Kier alpha value is -1.82. The van der Waals surface area contributed by atoms with Gasteiger partial charge in [-0.1, -0.05) is 18.2 Å². The molecule has 0 aliphatic rings. The van der Waals surface area contributed by atoms with E-state index in [1.807, 2.05) is 0 Å². The van der Waals surface area contributed by atoms with Crippen molar-refractivity contribution in [3.8, 4) is 0 Å². The zero-order valence-electron chi connectivity index (χ0n) is 11.2. The molecule has 6 heteroatoms. The smallest absolute Gasteiger partial charge is 0.191 e. The molecule has 19 heavy (non-hydrogen) atoms. The molecule has 0 unspecified atom stereocenters. The number of nitrogens with zero attached hydrogens (tertiary/aromatic N) is 1. The van der Waals surface area contributed by atoms with Gasteiger partial charge in [-0.25, -0.2) is 8.42 Å². The summed E-state index contributed by atoms with van der Waals surface area (Å²) >= 11 is 0. The van der Waals surface area contributed by atoms with Crippen LogP contribution in [0.1, 0.15) is 5.56 Å². The van der Waals surface area contributed by atoms with Gasteiger partial charge in [0, 0.05) is 26.4 Å². The van der Waals surface area contributed by atoms with E-state index in [1.54, 1.807) is 37.4 Å². The Morgan fingerprint density at radius 3 is 2.42 bits per heavy atom. The van der Waals surface area contributed by atoms with Crippen LogP contribution in [0.15, 0.2) is 46.8 Å². The second-order valence-electron chi connectivity index (χ2n) is 4.01. The van der Waals surface area contributed by atoms with Crippen molar-refractivity contribution in [1.29, 1.82) is 0 Å². The lowest BCUT2D eigenvalue weighted by Gasteiger charge is -2.10. The maximum absolute atomic E-state index is 11.3. The van der Waals surface area contributed by atoms with Crippen LogP contribution >= 0.6 is 0 Å². The maximum Gasteiger partial charge on any atom is 0.191 e. The van der Waals surface area contributed by atoms with Crippen LogP contribution in [0.2, 0.25) is 0 Å². The molecule has 0 saturated heterocycles. The Morgan fingerprint density at radius 2 is 1.95 bits per heavy atom. The Kier molecular flexibility index (Phi) is 5.57. The van der Waals surface area contributed by atoms with Crippen LogP contribution in [0.3, 0.4) is 0 Å². The quantitative estimate of drug-likeness (QED) is 0.479. The van der Waals surface area contributed by atoms with Crippen LogP contribution < -0.4 is 10.6 Å². The summed E-state index contributed by atoms with van der Waals surface area (Å²) in [5.74, 6) is 0.673. The number of aliphatic imine (C=N–C) groups is 1. The average Bonchev–Trinajstić information content (AvgIpc) is 2.38. The Labute approximate surface area is 114 Å². The SMILES string of the molecule is C=CCNC(=NC)NCc1ccc(S(C)(=O)=O)cc1. The van der Waals surface area contributed by atoms with Crippen LogP contribution in [0.4, 0.5) is 0 Å². The number of rotatable bonds is 5. The third-order valence-electron chi connectivity index (χ3n) is 2.45. The summed E-state index contributed by atoms with van der Waals surface area (Å²) in [5.41, 5.74) is 0.981. The fourth-order valence-corrected chi connectivity index (χ4v) is 2.06. The monoisotopic (exact) mass is 281 g/mol. The molecular weight excluding hydrogens is 262 g/mol. The first-order valence-corrected chi connectivity index (χ1v) is 7.71. The van der Waals surface area contributed by atoms with Gasteiger partial charge < -0.3 is 10.6 Å². The van der Waals surface area contributed by atoms with Crippen LogP contribution in [0, 0.1) is 0 Å². The molecule has 0 amide bonds. The molecule has 0 aliphatic carbocycles. The van der Waals surface area contributed by atoms with Crippen LogP contribution in [0.5, 0.6) is 0 Å². The number of guanidine groups is 1. The summed E-state index contributed by atoms with van der Waals surface area (Å²) in [4.78, 5) is 4.37. The molecule has 0 saturated carbocycles. The van der Waals surface area contributed by atoms with Gasteiger partial charge in [0.25, 0.3) is 0 Å². The highest BCUT2D eigenvalue weighted by Gasteiger charge is 2.06. The average molecular weight is 281 g/mol. The van der Waals surface area contributed by atoms with E-state index in [0.717, 1.165) is 5.56 Å². The molecule has 0 atom stereocenters. The van der Waals surface area contributed by atoms with Crippen molar-refractivity contribution in [3.05, 3.63) is 42.5 Å². The summed E-state index contributed by atoms with van der Waals surface area (Å²) < 4.78 is 22.6. The number of nitrogens with one attached hydrogen (secondary N) is 2. The molecule has 1 rings (SSSR count). The normalized spacial score (nSPS) is 12.0. The molecule has 0 radical (unpaired) electrons. The van der Waals surface area contributed by atoms with E-state index in [-0.39, 0.29) is 0 Å². The zero-order valence-corrected chi connectivity index (χ0v) is 12.0. The van der Waals surface area contributed by atoms with Gasteiger partial charge in [-0.3, -0.25) is 4.99 Å². The molecule has 0 heterocycles. The highest BCUT2D eigenvalue weighted by atomic mass is 32.2. The zero-order chi connectivity index (χ0) is 14.3. The molecule has 2 N–H and O–H groups in total. The fourth-order valence-electron chi connectivity index (χ4n) is 1.43. The fraction of sp³-hybridized carbons (Fsp3) is 0.308. The van der Waals surface area contributed by atoms with E-state index in [0.29, 0.717) is 23.9 Å². The van der Waals surface area contributed by atoms with Crippen molar-refractivity contribution in [2.75, 3.05) is 19.8 Å². The highest BCUT2D eigenvalue weighted by Crippen LogP contribution is 2.09. The minimum Gasteiger partial charge on any atom is -0.353 e. The van der Waals surface area contributed by atoms with Gasteiger partial charge in [-0.05, 0) is 17.7 Å². The second-order valence-corrected chi connectivity index (χ2v) is 6.03. The summed E-state index contributed by atoms with van der Waals surface area (Å²) in [7, 11) is -1.45. The van der Waals surface area contributed by atoms with E-state index in [4.69, 9.17) is 0 Å². The second kappa shape index (κ2) is 6.94. The van der Waals surface area contributed by atoms with Crippen molar-refractivity contribution in [2.24, 2.45) is 4.99 Å². The molecule has 0 aliphatic heterocycles. The van der Waals surface area contributed by atoms with Crippen LogP contribution in [0.25, 0.3) is 0 Å². The molecule has 5 nitrogen and oxygen atoms in total. The van der Waals surface area contributed by atoms with E-state index < -0.39 is 9.84 Å². The number of hydrogen-bond acceptors (Lipinski definition) is 3. The number of sulfone groups is 1. The van der Waals surface area contributed by atoms with E-state index in [9.17, 15) is 8.42 Å². The predicted octanol–water partition coefficient (Wildman–Crippen LogP) is 0.941. The van der Waals surface area contributed by atoms with Crippen molar-refractivity contribution >= 4 is 15.8 Å². The van der Waals surface area contributed by atoms with Crippen molar-refractivity contribution in [2.45, 2.75) is 11.4 Å². The lowest BCUT2D eigenvalue weighted by Crippen LogP contribution is -2.36. The van der Waals surface area contributed by atoms with Gasteiger partial charge in [-0.15, -0.1) is 6.58 Å². The number of hydrogen-bond donors (Lipinski definition) is 2. The molecular formula is C13H19N3O2S. The van der Waals surface area contributed by atoms with Gasteiger partial charge in [0.2, 0.25) is 0 Å². The van der Waals surface area contributed by atoms with Gasteiger partial charge in [0.15, 0.2) is 15.8 Å². The van der Waals surface area contributed by atoms with Gasteiger partial charge >= 0.3 is 0 Å². The summed E-state index contributed by atoms with van der Waals surface area (Å²) in [6, 6.07) is 6.77. The standard InChI is InChI=1S/C13H19N3O2S/c1-4-9-15-13(14-2)16-10-11-5-7-12(8-6-11)19(3,17)18/h4-8H,1,9-10H2,2-3H3,(H2,14,15,16). The molecule has 0 spiro atoms. The Morgan fingerprint density at radius 1 is 1.32 bits per heavy atom. The maximum atomic E-state index is 11.3. The van der Waals surface area contributed by atoms with Crippen LogP contribution in [-0.4, -0.2) is 34.2 Å². The largest absolute Gasteiger partial charge is 0.353 e.